The van der Waals surface area contributed by atoms with Crippen molar-refractivity contribution >= 4 is 0 Å². The molecule has 0 aromatic carbocycles. The SMILES string of the molecule is CCCCCCCCCC(N)C(CC)(CC)OC. The Kier molecular flexibility index (Phi) is 10.8. The molecule has 18 heavy (non-hydrogen) atoms. The molecule has 0 saturated carbocycles. The molecule has 0 aliphatic carbocycles. The van der Waals surface area contributed by atoms with E-state index in [1.165, 1.54) is 44.9 Å². The average Bonchev–Trinajstić information content (AvgIpc) is 2.40. The molecule has 1 unspecified atom stereocenters. The van der Waals surface area contributed by atoms with E-state index < -0.39 is 0 Å². The Bertz CT molecular complexity index is 170. The van der Waals surface area contributed by atoms with Crippen LogP contribution in [0.15, 0.2) is 0 Å². The van der Waals surface area contributed by atoms with Crippen molar-refractivity contribution in [3.63, 3.8) is 0 Å². The Labute approximate surface area is 115 Å². The van der Waals surface area contributed by atoms with Gasteiger partial charge in [0.15, 0.2) is 0 Å². The van der Waals surface area contributed by atoms with Gasteiger partial charge in [0.2, 0.25) is 0 Å². The summed E-state index contributed by atoms with van der Waals surface area (Å²) in [5, 5.41) is 0. The fraction of sp³-hybridized carbons (Fsp3) is 1.00. The summed E-state index contributed by atoms with van der Waals surface area (Å²) >= 11 is 0. The third-order valence-corrected chi connectivity index (χ3v) is 4.40. The third-order valence-electron chi connectivity index (χ3n) is 4.40. The van der Waals surface area contributed by atoms with Crippen LogP contribution in [0, 0.1) is 0 Å². The first-order chi connectivity index (χ1) is 8.66. The molecule has 0 aromatic heterocycles. The van der Waals surface area contributed by atoms with E-state index in [0.717, 1.165) is 19.3 Å². The summed E-state index contributed by atoms with van der Waals surface area (Å²) in [7, 11) is 1.80. The van der Waals surface area contributed by atoms with Crippen LogP contribution in [0.4, 0.5) is 0 Å². The van der Waals surface area contributed by atoms with E-state index in [0.29, 0.717) is 0 Å². The van der Waals surface area contributed by atoms with Crippen molar-refractivity contribution in [1.29, 1.82) is 0 Å². The smallest absolute Gasteiger partial charge is 0.0823 e. The molecule has 2 heteroatoms. The predicted molar refractivity (Wildman–Crippen MR) is 80.9 cm³/mol. The van der Waals surface area contributed by atoms with Crippen LogP contribution in [0.2, 0.25) is 0 Å². The van der Waals surface area contributed by atoms with Gasteiger partial charge in [-0.05, 0) is 19.3 Å². The standard InChI is InChI=1S/C16H35NO/c1-5-8-9-10-11-12-13-14-15(17)16(6-2,7-3)18-4/h15H,5-14,17H2,1-4H3. The van der Waals surface area contributed by atoms with Gasteiger partial charge in [-0.1, -0.05) is 65.7 Å². The van der Waals surface area contributed by atoms with Crippen molar-refractivity contribution in [1.82, 2.24) is 0 Å². The van der Waals surface area contributed by atoms with Crippen LogP contribution < -0.4 is 5.73 Å². The van der Waals surface area contributed by atoms with E-state index >= 15 is 0 Å². The van der Waals surface area contributed by atoms with E-state index in [1.807, 2.05) is 0 Å². The van der Waals surface area contributed by atoms with Gasteiger partial charge in [-0.25, -0.2) is 0 Å². The van der Waals surface area contributed by atoms with Gasteiger partial charge in [0, 0.05) is 13.2 Å². The molecule has 2 N–H and O–H groups in total. The van der Waals surface area contributed by atoms with E-state index in [4.69, 9.17) is 10.5 Å². The first-order valence-corrected chi connectivity index (χ1v) is 7.97. The van der Waals surface area contributed by atoms with Crippen LogP contribution in [-0.4, -0.2) is 18.8 Å². The van der Waals surface area contributed by atoms with Crippen molar-refractivity contribution in [3.05, 3.63) is 0 Å². The monoisotopic (exact) mass is 257 g/mol. The molecule has 110 valence electrons. The minimum atomic E-state index is -0.0950. The van der Waals surface area contributed by atoms with Gasteiger partial charge in [-0.3, -0.25) is 0 Å². The summed E-state index contributed by atoms with van der Waals surface area (Å²) in [6.45, 7) is 6.62. The van der Waals surface area contributed by atoms with Crippen molar-refractivity contribution in [3.8, 4) is 0 Å². The van der Waals surface area contributed by atoms with Gasteiger partial charge in [0.25, 0.3) is 0 Å². The molecule has 0 bridgehead atoms. The molecule has 0 aliphatic heterocycles. The Balaban J connectivity index is 3.71. The highest BCUT2D eigenvalue weighted by Gasteiger charge is 2.32. The van der Waals surface area contributed by atoms with Crippen LogP contribution in [-0.2, 0) is 4.74 Å². The molecule has 0 spiro atoms. The Hall–Kier alpha value is -0.0800. The summed E-state index contributed by atoms with van der Waals surface area (Å²) in [6.07, 6.45) is 12.6. The lowest BCUT2D eigenvalue weighted by Gasteiger charge is -2.36. The molecule has 0 amide bonds. The summed E-state index contributed by atoms with van der Waals surface area (Å²) in [6, 6.07) is 0.188. The van der Waals surface area contributed by atoms with Crippen molar-refractivity contribution in [2.75, 3.05) is 7.11 Å². The highest BCUT2D eigenvalue weighted by atomic mass is 16.5. The van der Waals surface area contributed by atoms with E-state index in [2.05, 4.69) is 20.8 Å². The number of ether oxygens (including phenoxy) is 1. The number of hydrogen-bond donors (Lipinski definition) is 1. The van der Waals surface area contributed by atoms with Crippen molar-refractivity contribution in [2.45, 2.75) is 96.6 Å². The fourth-order valence-electron chi connectivity index (χ4n) is 2.80. The van der Waals surface area contributed by atoms with Crippen LogP contribution in [0.5, 0.6) is 0 Å². The zero-order chi connectivity index (χ0) is 13.9. The zero-order valence-electron chi connectivity index (χ0n) is 13.1. The minimum absolute atomic E-state index is 0.0950. The second-order valence-electron chi connectivity index (χ2n) is 5.49. The zero-order valence-corrected chi connectivity index (χ0v) is 13.1. The lowest BCUT2D eigenvalue weighted by Crippen LogP contribution is -2.48. The molecular formula is C16H35NO. The highest BCUT2D eigenvalue weighted by molar-refractivity contribution is 4.88. The maximum Gasteiger partial charge on any atom is 0.0823 e. The highest BCUT2D eigenvalue weighted by Crippen LogP contribution is 2.26. The van der Waals surface area contributed by atoms with Gasteiger partial charge < -0.3 is 10.5 Å². The summed E-state index contributed by atoms with van der Waals surface area (Å²) < 4.78 is 5.68. The Morgan fingerprint density at radius 3 is 1.83 bits per heavy atom. The number of unbranched alkanes of at least 4 members (excludes halogenated alkanes) is 6. The van der Waals surface area contributed by atoms with Crippen LogP contribution >= 0.6 is 0 Å². The van der Waals surface area contributed by atoms with Gasteiger partial charge in [0.1, 0.15) is 0 Å². The molecule has 0 heterocycles. The maximum atomic E-state index is 6.32. The minimum Gasteiger partial charge on any atom is -0.377 e. The molecule has 0 saturated heterocycles. The van der Waals surface area contributed by atoms with Crippen LogP contribution in [0.3, 0.4) is 0 Å². The van der Waals surface area contributed by atoms with Crippen molar-refractivity contribution < 1.29 is 4.74 Å². The average molecular weight is 257 g/mol. The molecule has 0 aliphatic rings. The Morgan fingerprint density at radius 1 is 0.889 bits per heavy atom. The largest absolute Gasteiger partial charge is 0.377 e. The lowest BCUT2D eigenvalue weighted by atomic mass is 9.85. The maximum absolute atomic E-state index is 6.32. The first-order valence-electron chi connectivity index (χ1n) is 7.97. The molecular weight excluding hydrogens is 222 g/mol. The van der Waals surface area contributed by atoms with Gasteiger partial charge >= 0.3 is 0 Å². The molecule has 1 atom stereocenters. The van der Waals surface area contributed by atoms with Gasteiger partial charge in [-0.2, -0.15) is 0 Å². The Morgan fingerprint density at radius 2 is 1.39 bits per heavy atom. The number of nitrogens with two attached hydrogens (primary N) is 1. The summed E-state index contributed by atoms with van der Waals surface area (Å²) in [4.78, 5) is 0. The first kappa shape index (κ1) is 17.9. The molecule has 2 nitrogen and oxygen atoms in total. The van der Waals surface area contributed by atoms with E-state index in [9.17, 15) is 0 Å². The second-order valence-corrected chi connectivity index (χ2v) is 5.49. The number of rotatable bonds is 12. The third kappa shape index (κ3) is 6.19. The van der Waals surface area contributed by atoms with Crippen LogP contribution in [0.1, 0.15) is 85.0 Å². The quantitative estimate of drug-likeness (QED) is 0.516. The van der Waals surface area contributed by atoms with E-state index in [1.54, 1.807) is 7.11 Å². The van der Waals surface area contributed by atoms with Gasteiger partial charge in [-0.15, -0.1) is 0 Å². The molecule has 0 radical (unpaired) electrons. The van der Waals surface area contributed by atoms with E-state index in [-0.39, 0.29) is 11.6 Å². The second kappa shape index (κ2) is 10.8. The summed E-state index contributed by atoms with van der Waals surface area (Å²) in [5.74, 6) is 0. The lowest BCUT2D eigenvalue weighted by molar-refractivity contribution is -0.0399. The molecule has 0 fully saturated rings. The normalized spacial score (nSPS) is 13.8. The predicted octanol–water partition coefficient (Wildman–Crippen LogP) is 4.66. The fourth-order valence-corrected chi connectivity index (χ4v) is 2.80. The van der Waals surface area contributed by atoms with Crippen LogP contribution in [0.25, 0.3) is 0 Å². The number of hydrogen-bond acceptors (Lipinski definition) is 2. The molecule has 0 aromatic rings. The number of methoxy groups -OCH3 is 1. The topological polar surface area (TPSA) is 35.2 Å². The van der Waals surface area contributed by atoms with Crippen molar-refractivity contribution in [2.24, 2.45) is 5.73 Å². The molecule has 0 rings (SSSR count). The summed E-state index contributed by atoms with van der Waals surface area (Å²) in [5.41, 5.74) is 6.23. The van der Waals surface area contributed by atoms with Gasteiger partial charge in [0.05, 0.1) is 5.60 Å².